The normalized spacial score (nSPS) is 14.7. The van der Waals surface area contributed by atoms with Gasteiger partial charge in [0.05, 0.1) is 5.92 Å². The number of nitrogens with two attached hydrogens (primary N) is 1. The molecule has 0 fully saturated rings. The Balaban J connectivity index is 3.80. The quantitative estimate of drug-likeness (QED) is 0.591. The van der Waals surface area contributed by atoms with Crippen LogP contribution in [0, 0.1) is 11.8 Å². The van der Waals surface area contributed by atoms with Gasteiger partial charge in [-0.15, -0.1) is 0 Å². The maximum Gasteiger partial charge on any atom is 0.308 e. The van der Waals surface area contributed by atoms with E-state index in [-0.39, 0.29) is 30.8 Å². The number of amides is 1. The van der Waals surface area contributed by atoms with E-state index >= 15 is 0 Å². The number of rotatable bonds is 6. The molecule has 0 radical (unpaired) electrons. The minimum atomic E-state index is -0.913. The Hall–Kier alpha value is -1.10. The van der Waals surface area contributed by atoms with Crippen molar-refractivity contribution in [3.8, 4) is 0 Å². The van der Waals surface area contributed by atoms with E-state index < -0.39 is 11.9 Å². The molecule has 2 atom stereocenters. The highest BCUT2D eigenvalue weighted by Gasteiger charge is 2.15. The van der Waals surface area contributed by atoms with Gasteiger partial charge in [0.25, 0.3) is 0 Å². The van der Waals surface area contributed by atoms with Crippen LogP contribution in [0.1, 0.15) is 27.2 Å². The van der Waals surface area contributed by atoms with Crippen molar-refractivity contribution in [3.63, 3.8) is 0 Å². The molecule has 0 aromatic heterocycles. The van der Waals surface area contributed by atoms with E-state index in [2.05, 4.69) is 5.32 Å². The van der Waals surface area contributed by atoms with E-state index in [1.807, 2.05) is 13.8 Å². The van der Waals surface area contributed by atoms with E-state index in [0.717, 1.165) is 0 Å². The van der Waals surface area contributed by atoms with Crippen LogP contribution in [-0.4, -0.2) is 29.6 Å². The minimum absolute atomic E-state index is 0.152. The highest BCUT2D eigenvalue weighted by atomic mass is 16.4. The van der Waals surface area contributed by atoms with E-state index in [1.165, 1.54) is 0 Å². The average Bonchev–Trinajstić information content (AvgIpc) is 2.13. The lowest BCUT2D eigenvalue weighted by Crippen LogP contribution is -2.37. The van der Waals surface area contributed by atoms with Gasteiger partial charge in [0.2, 0.25) is 5.91 Å². The molecule has 1 amide bonds. The summed E-state index contributed by atoms with van der Waals surface area (Å²) >= 11 is 0. The average molecular weight is 216 g/mol. The van der Waals surface area contributed by atoms with E-state index in [1.54, 1.807) is 6.92 Å². The smallest absolute Gasteiger partial charge is 0.308 e. The Morgan fingerprint density at radius 3 is 2.27 bits per heavy atom. The standard InChI is InChI=1S/C10H20N2O3/c1-6(2)8(11)4-9(13)12-5-7(3)10(14)15/h6-8H,4-5,11H2,1-3H3,(H,12,13)(H,14,15). The van der Waals surface area contributed by atoms with E-state index in [9.17, 15) is 9.59 Å². The number of carbonyl (C=O) groups excluding carboxylic acids is 1. The molecule has 0 aliphatic heterocycles. The number of carboxylic acids is 1. The second kappa shape index (κ2) is 6.40. The summed E-state index contributed by atoms with van der Waals surface area (Å²) in [4.78, 5) is 21.8. The van der Waals surface area contributed by atoms with Crippen LogP contribution in [-0.2, 0) is 9.59 Å². The van der Waals surface area contributed by atoms with Gasteiger partial charge < -0.3 is 16.2 Å². The first-order valence-electron chi connectivity index (χ1n) is 5.09. The Bertz CT molecular complexity index is 229. The summed E-state index contributed by atoms with van der Waals surface area (Å²) in [6.45, 7) is 5.58. The van der Waals surface area contributed by atoms with Crippen molar-refractivity contribution in [2.45, 2.75) is 33.2 Å². The predicted octanol–water partition coefficient (Wildman–Crippen LogP) is 0.197. The fourth-order valence-corrected chi connectivity index (χ4v) is 0.876. The Kier molecular flexibility index (Phi) is 5.93. The fourth-order valence-electron chi connectivity index (χ4n) is 0.876. The molecule has 0 rings (SSSR count). The zero-order valence-electron chi connectivity index (χ0n) is 9.49. The molecule has 0 bridgehead atoms. The summed E-state index contributed by atoms with van der Waals surface area (Å²) < 4.78 is 0. The zero-order valence-corrected chi connectivity index (χ0v) is 9.49. The SMILES string of the molecule is CC(CNC(=O)CC(N)C(C)C)C(=O)O. The monoisotopic (exact) mass is 216 g/mol. The molecule has 0 aliphatic carbocycles. The molecule has 0 heterocycles. The lowest BCUT2D eigenvalue weighted by Gasteiger charge is -2.15. The summed E-state index contributed by atoms with van der Waals surface area (Å²) in [6.07, 6.45) is 0.240. The van der Waals surface area contributed by atoms with Crippen LogP contribution in [0.15, 0.2) is 0 Å². The molecule has 15 heavy (non-hydrogen) atoms. The molecule has 0 aliphatic rings. The third kappa shape index (κ3) is 6.06. The molecule has 0 spiro atoms. The number of nitrogens with one attached hydrogen (secondary N) is 1. The molecule has 5 nitrogen and oxygen atoms in total. The highest BCUT2D eigenvalue weighted by Crippen LogP contribution is 2.02. The van der Waals surface area contributed by atoms with Crippen molar-refractivity contribution in [3.05, 3.63) is 0 Å². The molecule has 0 aromatic carbocycles. The van der Waals surface area contributed by atoms with Crippen LogP contribution in [0.25, 0.3) is 0 Å². The topological polar surface area (TPSA) is 92.4 Å². The maximum absolute atomic E-state index is 11.3. The first-order chi connectivity index (χ1) is 6.84. The van der Waals surface area contributed by atoms with Gasteiger partial charge in [-0.1, -0.05) is 20.8 Å². The molecule has 88 valence electrons. The van der Waals surface area contributed by atoms with Crippen molar-refractivity contribution >= 4 is 11.9 Å². The van der Waals surface area contributed by atoms with Crippen LogP contribution >= 0.6 is 0 Å². The third-order valence-corrected chi connectivity index (χ3v) is 2.30. The summed E-state index contributed by atoms with van der Waals surface area (Å²) in [5.41, 5.74) is 5.71. The van der Waals surface area contributed by atoms with E-state index in [0.29, 0.717) is 0 Å². The summed E-state index contributed by atoms with van der Waals surface area (Å²) in [7, 11) is 0. The highest BCUT2D eigenvalue weighted by molar-refractivity contribution is 5.77. The molecular formula is C10H20N2O3. The minimum Gasteiger partial charge on any atom is -0.481 e. The fraction of sp³-hybridized carbons (Fsp3) is 0.800. The van der Waals surface area contributed by atoms with Crippen LogP contribution < -0.4 is 11.1 Å². The molecule has 0 saturated heterocycles. The molecule has 0 aromatic rings. The number of carboxylic acid groups (broad SMARTS) is 1. The summed E-state index contributed by atoms with van der Waals surface area (Å²) in [6, 6.07) is -0.176. The van der Waals surface area contributed by atoms with Gasteiger partial charge in [0.15, 0.2) is 0 Å². The molecule has 4 N–H and O–H groups in total. The van der Waals surface area contributed by atoms with E-state index in [4.69, 9.17) is 10.8 Å². The van der Waals surface area contributed by atoms with Gasteiger partial charge in [-0.2, -0.15) is 0 Å². The van der Waals surface area contributed by atoms with Crippen LogP contribution in [0.2, 0.25) is 0 Å². The second-order valence-corrected chi connectivity index (χ2v) is 4.16. The van der Waals surface area contributed by atoms with Gasteiger partial charge in [-0.05, 0) is 5.92 Å². The van der Waals surface area contributed by atoms with Crippen LogP contribution in [0.4, 0.5) is 0 Å². The Morgan fingerprint density at radius 1 is 1.33 bits per heavy atom. The lowest BCUT2D eigenvalue weighted by atomic mass is 10.0. The van der Waals surface area contributed by atoms with Gasteiger partial charge in [-0.25, -0.2) is 0 Å². The van der Waals surface area contributed by atoms with Gasteiger partial charge in [0.1, 0.15) is 0 Å². The zero-order chi connectivity index (χ0) is 12.0. The first kappa shape index (κ1) is 13.9. The third-order valence-electron chi connectivity index (χ3n) is 2.30. The van der Waals surface area contributed by atoms with Gasteiger partial charge in [0, 0.05) is 19.0 Å². The number of hydrogen-bond donors (Lipinski definition) is 3. The molecule has 5 heteroatoms. The predicted molar refractivity (Wildman–Crippen MR) is 57.2 cm³/mol. The Labute approximate surface area is 90.0 Å². The lowest BCUT2D eigenvalue weighted by molar-refractivity contribution is -0.141. The number of aliphatic carboxylic acids is 1. The van der Waals surface area contributed by atoms with Crippen LogP contribution in [0.3, 0.4) is 0 Å². The molecule has 2 unspecified atom stereocenters. The van der Waals surface area contributed by atoms with Crippen molar-refractivity contribution < 1.29 is 14.7 Å². The maximum atomic E-state index is 11.3. The van der Waals surface area contributed by atoms with Crippen molar-refractivity contribution in [2.75, 3.05) is 6.54 Å². The van der Waals surface area contributed by atoms with Crippen molar-refractivity contribution in [1.82, 2.24) is 5.32 Å². The largest absolute Gasteiger partial charge is 0.481 e. The summed E-state index contributed by atoms with van der Waals surface area (Å²) in [5, 5.41) is 11.1. The van der Waals surface area contributed by atoms with Crippen molar-refractivity contribution in [1.29, 1.82) is 0 Å². The van der Waals surface area contributed by atoms with Crippen molar-refractivity contribution in [2.24, 2.45) is 17.6 Å². The Morgan fingerprint density at radius 2 is 1.87 bits per heavy atom. The number of carbonyl (C=O) groups is 2. The first-order valence-corrected chi connectivity index (χ1v) is 5.09. The summed E-state index contributed by atoms with van der Waals surface area (Å²) in [5.74, 6) is -1.43. The van der Waals surface area contributed by atoms with Gasteiger partial charge >= 0.3 is 5.97 Å². The molecular weight excluding hydrogens is 196 g/mol. The van der Waals surface area contributed by atoms with Gasteiger partial charge in [-0.3, -0.25) is 9.59 Å². The molecule has 0 saturated carbocycles. The van der Waals surface area contributed by atoms with Crippen LogP contribution in [0.5, 0.6) is 0 Å². The second-order valence-electron chi connectivity index (χ2n) is 4.16. The number of hydrogen-bond acceptors (Lipinski definition) is 3.